The number of para-hydroxylation sites is 1. The van der Waals surface area contributed by atoms with Crippen molar-refractivity contribution >= 4 is 81.1 Å². The van der Waals surface area contributed by atoms with Gasteiger partial charge in [0.2, 0.25) is 0 Å². The van der Waals surface area contributed by atoms with Gasteiger partial charge in [0.25, 0.3) is 0 Å². The predicted molar refractivity (Wildman–Crippen MR) is 237 cm³/mol. The van der Waals surface area contributed by atoms with Crippen molar-refractivity contribution in [3.05, 3.63) is 206 Å². The molecule has 11 aromatic rings. The Balaban J connectivity index is 1.06. The zero-order chi connectivity index (χ0) is 36.3. The Morgan fingerprint density at radius 2 is 0.927 bits per heavy atom. The van der Waals surface area contributed by atoms with Crippen molar-refractivity contribution in [3.63, 3.8) is 0 Å². The highest BCUT2D eigenvalue weighted by Gasteiger charge is 2.19. The van der Waals surface area contributed by atoms with E-state index in [1.165, 1.54) is 80.7 Å². The highest BCUT2D eigenvalue weighted by atomic mass is 32.1. The number of fused-ring (bicyclic) bond motifs is 7. The Morgan fingerprint density at radius 1 is 0.364 bits per heavy atom. The Morgan fingerprint density at radius 3 is 1.67 bits per heavy atom. The molecule has 2 heterocycles. The lowest BCUT2D eigenvalue weighted by Crippen LogP contribution is -2.10. The third-order valence-electron chi connectivity index (χ3n) is 11.0. The maximum Gasteiger partial charge on any atom is 0.0554 e. The minimum atomic E-state index is 1.12. The summed E-state index contributed by atoms with van der Waals surface area (Å²) in [7, 11) is 0. The first-order valence-corrected chi connectivity index (χ1v) is 19.6. The average Bonchev–Trinajstić information content (AvgIpc) is 3.79. The first-order valence-electron chi connectivity index (χ1n) is 18.8. The Hall–Kier alpha value is -6.94. The molecule has 0 spiro atoms. The van der Waals surface area contributed by atoms with Crippen LogP contribution in [0.1, 0.15) is 0 Å². The van der Waals surface area contributed by atoms with Crippen LogP contribution in [0.25, 0.3) is 80.7 Å². The molecule has 0 atom stereocenters. The van der Waals surface area contributed by atoms with Crippen LogP contribution < -0.4 is 4.90 Å². The van der Waals surface area contributed by atoms with Crippen LogP contribution in [0.4, 0.5) is 17.1 Å². The molecule has 3 heteroatoms. The van der Waals surface area contributed by atoms with Gasteiger partial charge < -0.3 is 9.47 Å². The van der Waals surface area contributed by atoms with E-state index in [-0.39, 0.29) is 0 Å². The molecule has 0 fully saturated rings. The number of benzene rings is 9. The number of hydrogen-bond donors (Lipinski definition) is 0. The van der Waals surface area contributed by atoms with Gasteiger partial charge in [-0.15, -0.1) is 11.3 Å². The zero-order valence-corrected chi connectivity index (χ0v) is 30.7. The van der Waals surface area contributed by atoms with Crippen molar-refractivity contribution in [1.82, 2.24) is 4.57 Å². The highest BCUT2D eigenvalue weighted by Crippen LogP contribution is 2.45. The van der Waals surface area contributed by atoms with Crippen molar-refractivity contribution in [3.8, 4) is 27.9 Å². The third-order valence-corrected chi connectivity index (χ3v) is 12.1. The van der Waals surface area contributed by atoms with Gasteiger partial charge >= 0.3 is 0 Å². The first-order chi connectivity index (χ1) is 27.3. The summed E-state index contributed by atoms with van der Waals surface area (Å²) in [5.74, 6) is 0. The van der Waals surface area contributed by atoms with Gasteiger partial charge in [0.15, 0.2) is 0 Å². The SMILES string of the molecule is c1ccc(-c2ccc(N(c3ccc(-c4ccc5c6cc7ccccc7cc6n(-c6ccccc6)c5c4)cc3)c3cccc4sc5ccccc5c34)cc2)cc1. The normalized spacial score (nSPS) is 11.6. The minimum Gasteiger partial charge on any atom is -0.310 e. The predicted octanol–water partition coefficient (Wildman–Crippen LogP) is 15.1. The van der Waals surface area contributed by atoms with E-state index in [2.05, 4.69) is 216 Å². The van der Waals surface area contributed by atoms with Crippen LogP contribution in [0, 0.1) is 0 Å². The van der Waals surface area contributed by atoms with E-state index < -0.39 is 0 Å². The largest absolute Gasteiger partial charge is 0.310 e. The number of aromatic nitrogens is 1. The molecule has 0 aliphatic heterocycles. The number of rotatable bonds is 6. The van der Waals surface area contributed by atoms with E-state index in [0.717, 1.165) is 17.1 Å². The van der Waals surface area contributed by atoms with Gasteiger partial charge in [-0.25, -0.2) is 0 Å². The van der Waals surface area contributed by atoms with Crippen LogP contribution in [0.5, 0.6) is 0 Å². The lowest BCUT2D eigenvalue weighted by atomic mass is 10.0. The third kappa shape index (κ3) is 5.32. The monoisotopic (exact) mass is 718 g/mol. The summed E-state index contributed by atoms with van der Waals surface area (Å²) in [5.41, 5.74) is 11.8. The van der Waals surface area contributed by atoms with Crippen LogP contribution in [-0.4, -0.2) is 4.57 Å². The summed E-state index contributed by atoms with van der Waals surface area (Å²) in [6, 6.07) is 75.2. The summed E-state index contributed by atoms with van der Waals surface area (Å²) >= 11 is 1.86. The first kappa shape index (κ1) is 31.6. The van der Waals surface area contributed by atoms with Gasteiger partial charge in [-0.3, -0.25) is 0 Å². The van der Waals surface area contributed by atoms with Crippen LogP contribution in [0.2, 0.25) is 0 Å². The summed E-state index contributed by atoms with van der Waals surface area (Å²) in [5, 5.41) is 7.60. The second-order valence-electron chi connectivity index (χ2n) is 14.2. The van der Waals surface area contributed by atoms with Gasteiger partial charge in [0.1, 0.15) is 0 Å². The van der Waals surface area contributed by atoms with Crippen molar-refractivity contribution in [2.75, 3.05) is 4.90 Å². The summed E-state index contributed by atoms with van der Waals surface area (Å²) in [6.45, 7) is 0. The smallest absolute Gasteiger partial charge is 0.0554 e. The van der Waals surface area contributed by atoms with E-state index in [4.69, 9.17) is 0 Å². The van der Waals surface area contributed by atoms with Gasteiger partial charge in [-0.1, -0.05) is 133 Å². The summed E-state index contributed by atoms with van der Waals surface area (Å²) < 4.78 is 5.01. The fraction of sp³-hybridized carbons (Fsp3) is 0. The number of nitrogens with zero attached hydrogens (tertiary/aromatic N) is 2. The van der Waals surface area contributed by atoms with Gasteiger partial charge in [0.05, 0.1) is 16.7 Å². The molecule has 0 bridgehead atoms. The topological polar surface area (TPSA) is 8.17 Å². The van der Waals surface area contributed by atoms with Gasteiger partial charge in [-0.05, 0) is 106 Å². The fourth-order valence-corrected chi connectivity index (χ4v) is 9.47. The van der Waals surface area contributed by atoms with E-state index >= 15 is 0 Å². The molecule has 0 saturated heterocycles. The van der Waals surface area contributed by atoms with E-state index in [9.17, 15) is 0 Å². The average molecular weight is 719 g/mol. The Labute approximate surface area is 323 Å². The maximum atomic E-state index is 2.42. The maximum absolute atomic E-state index is 2.42. The zero-order valence-electron chi connectivity index (χ0n) is 29.9. The minimum absolute atomic E-state index is 1.12. The van der Waals surface area contributed by atoms with Crippen LogP contribution in [0.3, 0.4) is 0 Å². The molecule has 0 aliphatic rings. The van der Waals surface area contributed by atoms with Gasteiger partial charge in [0, 0.05) is 48.0 Å². The van der Waals surface area contributed by atoms with Crippen molar-refractivity contribution in [1.29, 1.82) is 0 Å². The molecule has 2 nitrogen and oxygen atoms in total. The Bertz CT molecular complexity index is 3180. The molecule has 0 unspecified atom stereocenters. The lowest BCUT2D eigenvalue weighted by molar-refractivity contribution is 1.18. The second kappa shape index (κ2) is 12.9. The highest BCUT2D eigenvalue weighted by molar-refractivity contribution is 7.26. The molecule has 11 rings (SSSR count). The molecule has 0 aliphatic carbocycles. The molecule has 55 heavy (non-hydrogen) atoms. The molecule has 2 aromatic heterocycles. The summed E-state index contributed by atoms with van der Waals surface area (Å²) in [6.07, 6.45) is 0. The van der Waals surface area contributed by atoms with Crippen molar-refractivity contribution in [2.45, 2.75) is 0 Å². The summed E-state index contributed by atoms with van der Waals surface area (Å²) in [4.78, 5) is 2.42. The van der Waals surface area contributed by atoms with E-state index in [1.54, 1.807) is 0 Å². The van der Waals surface area contributed by atoms with E-state index in [1.807, 2.05) is 11.3 Å². The molecule has 0 N–H and O–H groups in total. The van der Waals surface area contributed by atoms with Crippen LogP contribution >= 0.6 is 11.3 Å². The van der Waals surface area contributed by atoms with Crippen molar-refractivity contribution < 1.29 is 0 Å². The standard InChI is InChI=1S/C52H34N2S/c1-3-12-35(13-4-1)36-22-27-42(28-23-36)53(47-19-11-21-51-52(47)45-18-9-10-20-50(45)55-51)43-29-24-37(25-30-43)40-26-31-44-46-32-38-14-7-8-15-39(38)33-49(46)54(48(44)34-40)41-16-5-2-6-17-41/h1-34H. The second-order valence-corrected chi connectivity index (χ2v) is 15.2. The lowest BCUT2D eigenvalue weighted by Gasteiger charge is -2.27. The molecule has 9 aromatic carbocycles. The Kier molecular flexibility index (Phi) is 7.39. The molecular weight excluding hydrogens is 685 g/mol. The molecular formula is C52H34N2S. The molecule has 0 radical (unpaired) electrons. The molecule has 258 valence electrons. The number of anilines is 3. The molecule has 0 saturated carbocycles. The fourth-order valence-electron chi connectivity index (χ4n) is 8.34. The number of thiophene rings is 1. The van der Waals surface area contributed by atoms with E-state index in [0.29, 0.717) is 0 Å². The van der Waals surface area contributed by atoms with Gasteiger partial charge in [-0.2, -0.15) is 0 Å². The van der Waals surface area contributed by atoms with Crippen LogP contribution in [0.15, 0.2) is 206 Å². The van der Waals surface area contributed by atoms with Crippen LogP contribution in [-0.2, 0) is 0 Å². The van der Waals surface area contributed by atoms with Crippen molar-refractivity contribution in [2.24, 2.45) is 0 Å². The number of hydrogen-bond acceptors (Lipinski definition) is 2. The molecule has 0 amide bonds. The quantitative estimate of drug-likeness (QED) is 0.166.